The average molecular weight is 309 g/mol. The number of hydrogen-bond donors (Lipinski definition) is 1. The van der Waals surface area contributed by atoms with E-state index in [1.807, 2.05) is 34.6 Å². The third-order valence-corrected chi connectivity index (χ3v) is 6.02. The highest BCUT2D eigenvalue weighted by Crippen LogP contribution is 2.55. The Balaban J connectivity index is 2.02. The number of ether oxygens (including phenoxy) is 1. The summed E-state index contributed by atoms with van der Waals surface area (Å²) < 4.78 is 5.98. The minimum absolute atomic E-state index is 0.0201. The molecule has 2 bridgehead atoms. The zero-order valence-corrected chi connectivity index (χ0v) is 15.6. The maximum Gasteiger partial charge on any atom is 0.252 e. The van der Waals surface area contributed by atoms with E-state index in [1.54, 1.807) is 0 Å². The minimum Gasteiger partial charge on any atom is -0.360 e. The molecule has 0 spiro atoms. The van der Waals surface area contributed by atoms with Gasteiger partial charge in [0, 0.05) is 5.54 Å². The van der Waals surface area contributed by atoms with Crippen molar-refractivity contribution in [2.75, 3.05) is 0 Å². The van der Waals surface area contributed by atoms with E-state index >= 15 is 0 Å². The van der Waals surface area contributed by atoms with Crippen LogP contribution in [0, 0.1) is 11.3 Å². The number of rotatable bonds is 4. The van der Waals surface area contributed by atoms with Gasteiger partial charge in [0.2, 0.25) is 0 Å². The van der Waals surface area contributed by atoms with Crippen LogP contribution in [-0.2, 0) is 9.53 Å². The molecule has 3 rings (SSSR count). The fourth-order valence-corrected chi connectivity index (χ4v) is 4.47. The van der Waals surface area contributed by atoms with E-state index in [4.69, 9.17) is 4.74 Å². The lowest BCUT2D eigenvalue weighted by Crippen LogP contribution is -2.61. The molecule has 0 heterocycles. The molecule has 0 saturated heterocycles. The lowest BCUT2D eigenvalue weighted by atomic mass is 9.53. The molecule has 22 heavy (non-hydrogen) atoms. The third kappa shape index (κ3) is 3.50. The van der Waals surface area contributed by atoms with Crippen LogP contribution in [0.3, 0.4) is 0 Å². The van der Waals surface area contributed by atoms with E-state index in [9.17, 15) is 4.79 Å². The van der Waals surface area contributed by atoms with Crippen molar-refractivity contribution < 1.29 is 9.53 Å². The molecular formula is C19H35NO2. The molecule has 0 atom stereocenters. The Labute approximate surface area is 136 Å². The number of amides is 1. The first-order valence-electron chi connectivity index (χ1n) is 8.93. The van der Waals surface area contributed by atoms with Crippen molar-refractivity contribution >= 4 is 5.91 Å². The van der Waals surface area contributed by atoms with Crippen molar-refractivity contribution in [2.24, 2.45) is 11.3 Å². The zero-order chi connectivity index (χ0) is 16.8. The van der Waals surface area contributed by atoms with E-state index in [1.165, 1.54) is 19.3 Å². The molecule has 0 radical (unpaired) electrons. The average Bonchev–Trinajstić information content (AvgIpc) is 2.37. The second-order valence-corrected chi connectivity index (χ2v) is 9.48. The van der Waals surface area contributed by atoms with Crippen LogP contribution in [0.2, 0.25) is 0 Å². The Morgan fingerprint density at radius 2 is 1.41 bits per heavy atom. The van der Waals surface area contributed by atoms with Crippen molar-refractivity contribution in [3.05, 3.63) is 0 Å². The maximum atomic E-state index is 12.8. The monoisotopic (exact) mass is 309 g/mol. The summed E-state index contributed by atoms with van der Waals surface area (Å²) in [6, 6.07) is 0. The molecule has 3 saturated carbocycles. The molecule has 3 nitrogen and oxygen atoms in total. The summed E-state index contributed by atoms with van der Waals surface area (Å²) >= 11 is 0. The lowest BCUT2D eigenvalue weighted by molar-refractivity contribution is -0.163. The molecule has 0 aromatic rings. The van der Waals surface area contributed by atoms with Crippen LogP contribution in [-0.4, -0.2) is 22.6 Å². The quantitative estimate of drug-likeness (QED) is 0.833. The standard InChI is InChI=1S/C19H35NO2/c1-14(2)18-8-11-19(12-9-18,13-10-18)20-15(21)17(6,7)22-16(3,4)5/h14H,8-13H2,1-7H3,(H,20,21). The van der Waals surface area contributed by atoms with Crippen molar-refractivity contribution in [3.8, 4) is 0 Å². The van der Waals surface area contributed by atoms with Gasteiger partial charge in [-0.2, -0.15) is 0 Å². The van der Waals surface area contributed by atoms with Crippen molar-refractivity contribution in [2.45, 2.75) is 104 Å². The van der Waals surface area contributed by atoms with Gasteiger partial charge in [-0.1, -0.05) is 13.8 Å². The van der Waals surface area contributed by atoms with Gasteiger partial charge in [0.15, 0.2) is 0 Å². The molecule has 0 aromatic heterocycles. The Morgan fingerprint density at radius 3 is 1.77 bits per heavy atom. The number of nitrogens with one attached hydrogen (secondary N) is 1. The van der Waals surface area contributed by atoms with Crippen LogP contribution in [0.1, 0.15) is 87.0 Å². The Hall–Kier alpha value is -0.570. The fraction of sp³-hybridized carbons (Fsp3) is 0.947. The summed E-state index contributed by atoms with van der Waals surface area (Å²) in [5.74, 6) is 0.795. The molecule has 1 N–H and O–H groups in total. The van der Waals surface area contributed by atoms with Gasteiger partial charge >= 0.3 is 0 Å². The number of fused-ring (bicyclic) bond motifs is 3. The normalized spacial score (nSPS) is 32.4. The first-order chi connectivity index (χ1) is 9.90. The van der Waals surface area contributed by atoms with E-state index in [0.29, 0.717) is 5.41 Å². The smallest absolute Gasteiger partial charge is 0.252 e. The number of carbonyl (C=O) groups is 1. The van der Waals surface area contributed by atoms with Crippen LogP contribution >= 0.6 is 0 Å². The largest absolute Gasteiger partial charge is 0.360 e. The van der Waals surface area contributed by atoms with Crippen molar-refractivity contribution in [1.82, 2.24) is 5.32 Å². The van der Waals surface area contributed by atoms with E-state index in [2.05, 4.69) is 19.2 Å². The van der Waals surface area contributed by atoms with Gasteiger partial charge < -0.3 is 10.1 Å². The van der Waals surface area contributed by atoms with E-state index in [-0.39, 0.29) is 17.0 Å². The van der Waals surface area contributed by atoms with Crippen LogP contribution in [0.4, 0.5) is 0 Å². The molecule has 0 aliphatic heterocycles. The molecule has 3 fully saturated rings. The van der Waals surface area contributed by atoms with Gasteiger partial charge in [-0.3, -0.25) is 4.79 Å². The Bertz CT molecular complexity index is 407. The van der Waals surface area contributed by atoms with Gasteiger partial charge in [0.25, 0.3) is 5.91 Å². The molecule has 1 amide bonds. The molecular weight excluding hydrogens is 274 g/mol. The molecule has 0 aromatic carbocycles. The predicted octanol–water partition coefficient (Wildman–Crippen LogP) is 4.45. The van der Waals surface area contributed by atoms with Gasteiger partial charge in [-0.25, -0.2) is 0 Å². The lowest BCUT2D eigenvalue weighted by Gasteiger charge is -2.56. The fourth-order valence-electron chi connectivity index (χ4n) is 4.47. The van der Waals surface area contributed by atoms with Crippen LogP contribution in [0.5, 0.6) is 0 Å². The molecule has 3 aliphatic rings. The highest BCUT2D eigenvalue weighted by molar-refractivity contribution is 5.85. The Kier molecular flexibility index (Phi) is 4.45. The first kappa shape index (κ1) is 17.8. The third-order valence-electron chi connectivity index (χ3n) is 6.02. The zero-order valence-electron chi connectivity index (χ0n) is 15.6. The highest BCUT2D eigenvalue weighted by Gasteiger charge is 2.51. The summed E-state index contributed by atoms with van der Waals surface area (Å²) in [6.45, 7) is 14.5. The minimum atomic E-state index is -0.781. The van der Waals surface area contributed by atoms with Crippen molar-refractivity contribution in [1.29, 1.82) is 0 Å². The van der Waals surface area contributed by atoms with E-state index < -0.39 is 5.60 Å². The van der Waals surface area contributed by atoms with Crippen LogP contribution in [0.15, 0.2) is 0 Å². The summed E-state index contributed by atoms with van der Waals surface area (Å²) in [6.07, 6.45) is 7.15. The van der Waals surface area contributed by atoms with Gasteiger partial charge in [0.05, 0.1) is 5.60 Å². The van der Waals surface area contributed by atoms with Gasteiger partial charge in [-0.15, -0.1) is 0 Å². The number of carbonyl (C=O) groups excluding carboxylic acids is 1. The molecule has 3 aliphatic carbocycles. The summed E-state index contributed by atoms with van der Waals surface area (Å²) in [5, 5.41) is 3.38. The predicted molar refractivity (Wildman–Crippen MR) is 90.8 cm³/mol. The van der Waals surface area contributed by atoms with Crippen molar-refractivity contribution in [3.63, 3.8) is 0 Å². The Morgan fingerprint density at radius 1 is 0.955 bits per heavy atom. The van der Waals surface area contributed by atoms with E-state index in [0.717, 1.165) is 25.2 Å². The topological polar surface area (TPSA) is 38.3 Å². The summed E-state index contributed by atoms with van der Waals surface area (Å²) in [7, 11) is 0. The molecule has 3 heteroatoms. The first-order valence-corrected chi connectivity index (χ1v) is 8.93. The van der Waals surface area contributed by atoms with Gasteiger partial charge in [0.1, 0.15) is 5.60 Å². The highest BCUT2D eigenvalue weighted by atomic mass is 16.5. The van der Waals surface area contributed by atoms with Gasteiger partial charge in [-0.05, 0) is 84.5 Å². The number of hydrogen-bond acceptors (Lipinski definition) is 2. The SMILES string of the molecule is CC(C)C12CCC(NC(=O)C(C)(C)OC(C)(C)C)(CC1)CC2. The second kappa shape index (κ2) is 5.51. The van der Waals surface area contributed by atoms with Crippen LogP contribution < -0.4 is 5.32 Å². The van der Waals surface area contributed by atoms with Crippen LogP contribution in [0.25, 0.3) is 0 Å². The molecule has 128 valence electrons. The summed E-state index contributed by atoms with van der Waals surface area (Å²) in [5.41, 5.74) is -0.544. The second-order valence-electron chi connectivity index (χ2n) is 9.48. The molecule has 0 unspecified atom stereocenters. The maximum absolute atomic E-state index is 12.8. The summed E-state index contributed by atoms with van der Waals surface area (Å²) in [4.78, 5) is 12.8.